The molecule has 3 atom stereocenters. The van der Waals surface area contributed by atoms with Gasteiger partial charge in [-0.25, -0.2) is 4.79 Å². The minimum Gasteiger partial charge on any atom is -0.462 e. The first-order valence-corrected chi connectivity index (χ1v) is 9.56. The van der Waals surface area contributed by atoms with Gasteiger partial charge in [0.15, 0.2) is 0 Å². The molecule has 0 radical (unpaired) electrons. The molecule has 0 bridgehead atoms. The highest BCUT2D eigenvalue weighted by atomic mass is 35.5. The summed E-state index contributed by atoms with van der Waals surface area (Å²) in [6.07, 6.45) is 5.07. The number of carbonyl (C=O) groups is 1. The summed E-state index contributed by atoms with van der Waals surface area (Å²) in [5, 5.41) is 15.2. The maximum Gasteiger partial charge on any atom is 0.340 e. The predicted molar refractivity (Wildman–Crippen MR) is 107 cm³/mol. The quantitative estimate of drug-likeness (QED) is 0.329. The van der Waals surface area contributed by atoms with Gasteiger partial charge < -0.3 is 10.1 Å². The van der Waals surface area contributed by atoms with Gasteiger partial charge in [0, 0.05) is 28.6 Å². The molecular formula is C21H19ClN2O4. The van der Waals surface area contributed by atoms with Crippen molar-refractivity contribution in [1.29, 1.82) is 0 Å². The Morgan fingerprint density at radius 2 is 2.14 bits per heavy atom. The van der Waals surface area contributed by atoms with E-state index in [2.05, 4.69) is 17.5 Å². The number of hydrogen-bond acceptors (Lipinski definition) is 5. The van der Waals surface area contributed by atoms with Crippen LogP contribution in [0.4, 0.5) is 11.4 Å². The fraction of sp³-hybridized carbons (Fsp3) is 0.286. The average molecular weight is 399 g/mol. The number of anilines is 1. The third-order valence-electron chi connectivity index (χ3n) is 5.42. The molecule has 2 aromatic carbocycles. The van der Waals surface area contributed by atoms with Gasteiger partial charge >= 0.3 is 5.97 Å². The van der Waals surface area contributed by atoms with Crippen molar-refractivity contribution in [2.75, 3.05) is 11.9 Å². The molecule has 1 N–H and O–H groups in total. The van der Waals surface area contributed by atoms with Crippen LogP contribution in [0.15, 0.2) is 48.6 Å². The Kier molecular flexibility index (Phi) is 4.81. The van der Waals surface area contributed by atoms with Crippen molar-refractivity contribution in [3.8, 4) is 0 Å². The van der Waals surface area contributed by atoms with E-state index in [1.54, 1.807) is 19.1 Å². The van der Waals surface area contributed by atoms with Crippen LogP contribution in [0, 0.1) is 16.0 Å². The Morgan fingerprint density at radius 3 is 2.89 bits per heavy atom. The Hall–Kier alpha value is -2.86. The summed E-state index contributed by atoms with van der Waals surface area (Å²) < 4.78 is 5.21. The maximum atomic E-state index is 12.5. The molecule has 0 saturated carbocycles. The van der Waals surface area contributed by atoms with E-state index in [1.807, 2.05) is 12.1 Å². The average Bonchev–Trinajstić information content (AvgIpc) is 3.17. The van der Waals surface area contributed by atoms with Crippen molar-refractivity contribution < 1.29 is 14.5 Å². The number of nitro benzene ring substituents is 1. The summed E-state index contributed by atoms with van der Waals surface area (Å²) >= 11 is 6.43. The largest absolute Gasteiger partial charge is 0.462 e. The van der Waals surface area contributed by atoms with E-state index < -0.39 is 10.9 Å². The Morgan fingerprint density at radius 1 is 1.32 bits per heavy atom. The zero-order chi connectivity index (χ0) is 19.8. The van der Waals surface area contributed by atoms with Crippen LogP contribution in [-0.2, 0) is 4.74 Å². The van der Waals surface area contributed by atoms with Crippen molar-refractivity contribution in [1.82, 2.24) is 0 Å². The Balaban J connectivity index is 1.83. The summed E-state index contributed by atoms with van der Waals surface area (Å²) in [5.41, 5.74) is 2.86. The number of halogens is 1. The second-order valence-corrected chi connectivity index (χ2v) is 7.34. The van der Waals surface area contributed by atoms with Crippen LogP contribution in [-0.4, -0.2) is 17.5 Å². The number of esters is 1. The van der Waals surface area contributed by atoms with Crippen LogP contribution in [0.5, 0.6) is 0 Å². The molecule has 7 heteroatoms. The number of rotatable bonds is 4. The van der Waals surface area contributed by atoms with Crippen LogP contribution >= 0.6 is 11.6 Å². The summed E-state index contributed by atoms with van der Waals surface area (Å²) in [6, 6.07) is 9.82. The van der Waals surface area contributed by atoms with Gasteiger partial charge in [-0.15, -0.1) is 0 Å². The number of hydrogen-bond donors (Lipinski definition) is 1. The minimum atomic E-state index is -0.426. The van der Waals surface area contributed by atoms with E-state index >= 15 is 0 Å². The molecule has 0 saturated heterocycles. The third-order valence-corrected chi connectivity index (χ3v) is 5.76. The standard InChI is InChI=1S/C21H19ClN2O4/c1-2-28-21(25)16-8-4-7-14-13-5-3-6-15(13)20(23-19(14)16)17-11-12(24(26)27)9-10-18(17)22/h3-5,7-11,13,15,20,23H,2,6H2,1H3. The number of nitro groups is 1. The first-order valence-electron chi connectivity index (χ1n) is 9.18. The monoisotopic (exact) mass is 398 g/mol. The van der Waals surface area contributed by atoms with Gasteiger partial charge in [-0.2, -0.15) is 0 Å². The number of benzene rings is 2. The highest BCUT2D eigenvalue weighted by Crippen LogP contribution is 2.51. The number of non-ortho nitro benzene ring substituents is 1. The number of nitrogens with zero attached hydrogens (tertiary/aromatic N) is 1. The first-order chi connectivity index (χ1) is 13.5. The molecule has 4 rings (SSSR count). The number of allylic oxidation sites excluding steroid dienone is 2. The molecule has 0 spiro atoms. The van der Waals surface area contributed by atoms with E-state index in [-0.39, 0.29) is 30.2 Å². The number of nitrogens with one attached hydrogen (secondary N) is 1. The molecule has 2 aliphatic rings. The van der Waals surface area contributed by atoms with E-state index in [4.69, 9.17) is 16.3 Å². The fourth-order valence-electron chi connectivity index (χ4n) is 4.19. The van der Waals surface area contributed by atoms with Gasteiger partial charge in [0.25, 0.3) is 5.69 Å². The van der Waals surface area contributed by atoms with Crippen molar-refractivity contribution >= 4 is 28.9 Å². The second kappa shape index (κ2) is 7.28. The number of carbonyl (C=O) groups excluding carboxylic acids is 1. The van der Waals surface area contributed by atoms with Crippen LogP contribution < -0.4 is 5.32 Å². The summed E-state index contributed by atoms with van der Waals surface area (Å²) in [4.78, 5) is 23.3. The number of fused-ring (bicyclic) bond motifs is 3. The van der Waals surface area contributed by atoms with Gasteiger partial charge in [0.1, 0.15) is 0 Å². The van der Waals surface area contributed by atoms with E-state index in [0.29, 0.717) is 21.8 Å². The molecule has 144 valence electrons. The van der Waals surface area contributed by atoms with Gasteiger partial charge in [-0.3, -0.25) is 10.1 Å². The SMILES string of the molecule is CCOC(=O)c1cccc2c1NC(c1cc([N+](=O)[O-])ccc1Cl)C1CC=CC21. The lowest BCUT2D eigenvalue weighted by atomic mass is 9.76. The van der Waals surface area contributed by atoms with E-state index in [9.17, 15) is 14.9 Å². The van der Waals surface area contributed by atoms with Gasteiger partial charge in [-0.05, 0) is 37.0 Å². The van der Waals surface area contributed by atoms with Crippen LogP contribution in [0.2, 0.25) is 5.02 Å². The van der Waals surface area contributed by atoms with Crippen molar-refractivity contribution in [3.05, 3.63) is 80.4 Å². The van der Waals surface area contributed by atoms with Crippen molar-refractivity contribution in [3.63, 3.8) is 0 Å². The van der Waals surface area contributed by atoms with Crippen LogP contribution in [0.3, 0.4) is 0 Å². The van der Waals surface area contributed by atoms with Crippen molar-refractivity contribution in [2.45, 2.75) is 25.3 Å². The first kappa shape index (κ1) is 18.5. The fourth-order valence-corrected chi connectivity index (χ4v) is 4.43. The minimum absolute atomic E-state index is 0.00631. The van der Waals surface area contributed by atoms with E-state index in [1.165, 1.54) is 12.1 Å². The van der Waals surface area contributed by atoms with Gasteiger partial charge in [0.05, 0.1) is 28.8 Å². The lowest BCUT2D eigenvalue weighted by Gasteiger charge is -2.38. The van der Waals surface area contributed by atoms with Gasteiger partial charge in [-0.1, -0.05) is 35.9 Å². The lowest BCUT2D eigenvalue weighted by molar-refractivity contribution is -0.384. The van der Waals surface area contributed by atoms with Crippen LogP contribution in [0.25, 0.3) is 0 Å². The molecule has 28 heavy (non-hydrogen) atoms. The predicted octanol–water partition coefficient (Wildman–Crippen LogP) is 5.25. The molecule has 3 unspecified atom stereocenters. The molecule has 1 aliphatic heterocycles. The summed E-state index contributed by atoms with van der Waals surface area (Å²) in [5.74, 6) is -0.133. The summed E-state index contributed by atoms with van der Waals surface area (Å²) in [6.45, 7) is 2.05. The lowest BCUT2D eigenvalue weighted by Crippen LogP contribution is -2.30. The molecule has 1 aliphatic carbocycles. The molecule has 2 aromatic rings. The Labute approximate surface area is 167 Å². The molecular weight excluding hydrogens is 380 g/mol. The zero-order valence-corrected chi connectivity index (χ0v) is 16.0. The molecule has 0 aromatic heterocycles. The number of para-hydroxylation sites is 1. The second-order valence-electron chi connectivity index (χ2n) is 6.93. The molecule has 6 nitrogen and oxygen atoms in total. The van der Waals surface area contributed by atoms with Crippen LogP contribution in [0.1, 0.15) is 46.8 Å². The zero-order valence-electron chi connectivity index (χ0n) is 15.2. The molecule has 0 fully saturated rings. The topological polar surface area (TPSA) is 81.5 Å². The normalized spacial score (nSPS) is 22.1. The van der Waals surface area contributed by atoms with E-state index in [0.717, 1.165) is 12.0 Å². The molecule has 0 amide bonds. The Bertz CT molecular complexity index is 988. The molecule has 1 heterocycles. The smallest absolute Gasteiger partial charge is 0.340 e. The highest BCUT2D eigenvalue weighted by molar-refractivity contribution is 6.31. The van der Waals surface area contributed by atoms with Gasteiger partial charge in [0.2, 0.25) is 0 Å². The number of ether oxygens (including phenoxy) is 1. The summed E-state index contributed by atoms with van der Waals surface area (Å²) in [7, 11) is 0. The highest BCUT2D eigenvalue weighted by Gasteiger charge is 2.40. The maximum absolute atomic E-state index is 12.5. The third kappa shape index (κ3) is 3.03. The van der Waals surface area contributed by atoms with Crippen molar-refractivity contribution in [2.24, 2.45) is 5.92 Å².